The molecular weight excluding hydrogens is 240 g/mol. The van der Waals surface area contributed by atoms with Gasteiger partial charge in [-0.3, -0.25) is 4.79 Å². The van der Waals surface area contributed by atoms with Gasteiger partial charge < -0.3 is 14.2 Å². The molecule has 0 spiro atoms. The fourth-order valence-electron chi connectivity index (χ4n) is 3.21. The highest BCUT2D eigenvalue weighted by Gasteiger charge is 2.26. The highest BCUT2D eigenvalue weighted by atomic mass is 16.3. The smallest absolute Gasteiger partial charge is 0.289 e. The van der Waals surface area contributed by atoms with E-state index in [2.05, 4.69) is 4.90 Å². The van der Waals surface area contributed by atoms with Gasteiger partial charge in [-0.15, -0.1) is 0 Å². The third kappa shape index (κ3) is 3.00. The van der Waals surface area contributed by atoms with E-state index < -0.39 is 0 Å². The average Bonchev–Trinajstić information content (AvgIpc) is 3.12. The van der Waals surface area contributed by atoms with E-state index in [1.165, 1.54) is 32.5 Å². The minimum Gasteiger partial charge on any atom is -0.459 e. The van der Waals surface area contributed by atoms with Crippen LogP contribution in [0.15, 0.2) is 22.8 Å². The molecule has 0 aromatic carbocycles. The maximum Gasteiger partial charge on any atom is 0.289 e. The van der Waals surface area contributed by atoms with E-state index >= 15 is 0 Å². The van der Waals surface area contributed by atoms with E-state index in [0.29, 0.717) is 5.76 Å². The molecule has 4 heteroatoms. The predicted molar refractivity (Wildman–Crippen MR) is 73.0 cm³/mol. The van der Waals surface area contributed by atoms with Gasteiger partial charge in [0.05, 0.1) is 6.26 Å². The molecule has 2 saturated heterocycles. The zero-order chi connectivity index (χ0) is 13.1. The SMILES string of the molecule is O=C(c1ccco1)N1CCC(CN2CCCC2)CC1. The van der Waals surface area contributed by atoms with Crippen molar-refractivity contribution in [2.75, 3.05) is 32.7 Å². The highest BCUT2D eigenvalue weighted by Crippen LogP contribution is 2.21. The van der Waals surface area contributed by atoms with Crippen LogP contribution in [0, 0.1) is 5.92 Å². The van der Waals surface area contributed by atoms with Gasteiger partial charge in [-0.1, -0.05) is 0 Å². The van der Waals surface area contributed by atoms with Gasteiger partial charge >= 0.3 is 0 Å². The first kappa shape index (κ1) is 12.7. The van der Waals surface area contributed by atoms with Crippen LogP contribution in [0.1, 0.15) is 36.2 Å². The number of piperidine rings is 1. The molecule has 0 bridgehead atoms. The lowest BCUT2D eigenvalue weighted by Gasteiger charge is -2.33. The van der Waals surface area contributed by atoms with Crippen molar-refractivity contribution in [1.82, 2.24) is 9.80 Å². The van der Waals surface area contributed by atoms with Gasteiger partial charge in [-0.25, -0.2) is 0 Å². The van der Waals surface area contributed by atoms with Crippen molar-refractivity contribution in [3.63, 3.8) is 0 Å². The van der Waals surface area contributed by atoms with Gasteiger partial charge in [0, 0.05) is 19.6 Å². The summed E-state index contributed by atoms with van der Waals surface area (Å²) in [4.78, 5) is 16.6. The number of hydrogen-bond acceptors (Lipinski definition) is 3. The molecule has 0 unspecified atom stereocenters. The molecule has 0 radical (unpaired) electrons. The van der Waals surface area contributed by atoms with Crippen LogP contribution in [-0.4, -0.2) is 48.4 Å². The fourth-order valence-corrected chi connectivity index (χ4v) is 3.21. The van der Waals surface area contributed by atoms with E-state index in [1.54, 1.807) is 18.4 Å². The maximum absolute atomic E-state index is 12.1. The molecule has 1 aromatic heterocycles. The van der Waals surface area contributed by atoms with Crippen molar-refractivity contribution in [1.29, 1.82) is 0 Å². The fraction of sp³-hybridized carbons (Fsp3) is 0.667. The van der Waals surface area contributed by atoms with Gasteiger partial charge in [0.25, 0.3) is 5.91 Å². The second-order valence-corrected chi connectivity index (χ2v) is 5.72. The van der Waals surface area contributed by atoms with Crippen LogP contribution in [0.2, 0.25) is 0 Å². The average molecular weight is 262 g/mol. The van der Waals surface area contributed by atoms with Crippen molar-refractivity contribution in [3.8, 4) is 0 Å². The number of furan rings is 1. The van der Waals surface area contributed by atoms with Crippen LogP contribution in [0.3, 0.4) is 0 Å². The summed E-state index contributed by atoms with van der Waals surface area (Å²) in [6.45, 7) is 5.51. The summed E-state index contributed by atoms with van der Waals surface area (Å²) in [6, 6.07) is 3.52. The van der Waals surface area contributed by atoms with E-state index in [-0.39, 0.29) is 5.91 Å². The number of carbonyl (C=O) groups is 1. The summed E-state index contributed by atoms with van der Waals surface area (Å²) < 4.78 is 5.18. The molecule has 2 aliphatic heterocycles. The lowest BCUT2D eigenvalue weighted by Crippen LogP contribution is -2.41. The molecule has 1 amide bonds. The molecule has 104 valence electrons. The van der Waals surface area contributed by atoms with Gasteiger partial charge in [0.15, 0.2) is 5.76 Å². The Kier molecular flexibility index (Phi) is 3.87. The summed E-state index contributed by atoms with van der Waals surface area (Å²) in [5, 5.41) is 0. The minimum atomic E-state index is 0.0459. The van der Waals surface area contributed by atoms with E-state index in [9.17, 15) is 4.79 Å². The first-order valence-corrected chi connectivity index (χ1v) is 7.38. The Morgan fingerprint density at radius 3 is 2.58 bits per heavy atom. The molecule has 3 heterocycles. The summed E-state index contributed by atoms with van der Waals surface area (Å²) in [5.41, 5.74) is 0. The van der Waals surface area contributed by atoms with E-state index in [0.717, 1.165) is 31.8 Å². The molecule has 1 aromatic rings. The molecule has 0 N–H and O–H groups in total. The number of rotatable bonds is 3. The number of carbonyl (C=O) groups excluding carboxylic acids is 1. The van der Waals surface area contributed by atoms with E-state index in [1.807, 2.05) is 4.90 Å². The van der Waals surface area contributed by atoms with Crippen molar-refractivity contribution in [2.45, 2.75) is 25.7 Å². The first-order chi connectivity index (χ1) is 9.33. The second kappa shape index (κ2) is 5.78. The Bertz CT molecular complexity index is 402. The Balaban J connectivity index is 1.47. The number of likely N-dealkylation sites (tertiary alicyclic amines) is 2. The summed E-state index contributed by atoms with van der Waals surface area (Å²) >= 11 is 0. The Morgan fingerprint density at radius 2 is 1.95 bits per heavy atom. The molecule has 4 nitrogen and oxygen atoms in total. The lowest BCUT2D eigenvalue weighted by molar-refractivity contribution is 0.0641. The molecule has 19 heavy (non-hydrogen) atoms. The van der Waals surface area contributed by atoms with Crippen LogP contribution in [-0.2, 0) is 0 Å². The first-order valence-electron chi connectivity index (χ1n) is 7.38. The summed E-state index contributed by atoms with van der Waals surface area (Å²) in [5.74, 6) is 1.28. The number of nitrogens with zero attached hydrogens (tertiary/aromatic N) is 2. The van der Waals surface area contributed by atoms with E-state index in [4.69, 9.17) is 4.42 Å². The minimum absolute atomic E-state index is 0.0459. The number of amides is 1. The number of hydrogen-bond donors (Lipinski definition) is 0. The highest BCUT2D eigenvalue weighted by molar-refractivity contribution is 5.91. The monoisotopic (exact) mass is 262 g/mol. The Morgan fingerprint density at radius 1 is 1.21 bits per heavy atom. The standard InChI is InChI=1S/C15H22N2O2/c18-15(14-4-3-11-19-14)17-9-5-13(6-10-17)12-16-7-1-2-8-16/h3-4,11,13H,1-2,5-10,12H2. The normalized spacial score (nSPS) is 22.0. The largest absolute Gasteiger partial charge is 0.459 e. The van der Waals surface area contributed by atoms with Gasteiger partial charge in [0.1, 0.15) is 0 Å². The van der Waals surface area contributed by atoms with Crippen LogP contribution in [0.25, 0.3) is 0 Å². The van der Waals surface area contributed by atoms with Crippen molar-refractivity contribution < 1.29 is 9.21 Å². The Labute approximate surface area is 114 Å². The van der Waals surface area contributed by atoms with Crippen molar-refractivity contribution in [2.24, 2.45) is 5.92 Å². The van der Waals surface area contributed by atoms with Crippen molar-refractivity contribution in [3.05, 3.63) is 24.2 Å². The molecule has 0 atom stereocenters. The summed E-state index contributed by atoms with van der Waals surface area (Å²) in [6.07, 6.45) is 6.53. The van der Waals surface area contributed by atoms with Gasteiger partial charge in [0.2, 0.25) is 0 Å². The molecule has 2 aliphatic rings. The molecule has 3 rings (SSSR count). The molecular formula is C15H22N2O2. The topological polar surface area (TPSA) is 36.7 Å². The third-order valence-corrected chi connectivity index (χ3v) is 4.35. The third-order valence-electron chi connectivity index (χ3n) is 4.35. The van der Waals surface area contributed by atoms with Crippen LogP contribution in [0.4, 0.5) is 0 Å². The molecule has 0 aliphatic carbocycles. The quantitative estimate of drug-likeness (QED) is 0.838. The van der Waals surface area contributed by atoms with Gasteiger partial charge in [-0.05, 0) is 56.8 Å². The molecule has 0 saturated carbocycles. The molecule has 2 fully saturated rings. The van der Waals surface area contributed by atoms with Crippen LogP contribution < -0.4 is 0 Å². The second-order valence-electron chi connectivity index (χ2n) is 5.72. The van der Waals surface area contributed by atoms with Crippen LogP contribution >= 0.6 is 0 Å². The predicted octanol–water partition coefficient (Wildman–Crippen LogP) is 2.23. The van der Waals surface area contributed by atoms with Crippen LogP contribution in [0.5, 0.6) is 0 Å². The summed E-state index contributed by atoms with van der Waals surface area (Å²) in [7, 11) is 0. The lowest BCUT2D eigenvalue weighted by atomic mass is 9.96. The zero-order valence-corrected chi connectivity index (χ0v) is 11.4. The van der Waals surface area contributed by atoms with Gasteiger partial charge in [-0.2, -0.15) is 0 Å². The van der Waals surface area contributed by atoms with Crippen molar-refractivity contribution >= 4 is 5.91 Å². The zero-order valence-electron chi connectivity index (χ0n) is 11.4. The maximum atomic E-state index is 12.1. The Hall–Kier alpha value is -1.29.